The second-order valence-electron chi connectivity index (χ2n) is 8.38. The molecule has 5 aromatic rings. The van der Waals surface area contributed by atoms with Crippen LogP contribution in [0.5, 0.6) is 0 Å². The fourth-order valence-corrected chi connectivity index (χ4v) is 4.63. The van der Waals surface area contributed by atoms with Crippen LogP contribution < -0.4 is 10.9 Å². The van der Waals surface area contributed by atoms with E-state index in [1.807, 2.05) is 85.1 Å². The van der Waals surface area contributed by atoms with Crippen molar-refractivity contribution in [2.45, 2.75) is 20.4 Å². The number of benzene rings is 3. The number of para-hydroxylation sites is 2. The van der Waals surface area contributed by atoms with Gasteiger partial charge in [0, 0.05) is 38.4 Å². The number of halogens is 1. The van der Waals surface area contributed by atoms with Gasteiger partial charge in [0.1, 0.15) is 6.54 Å². The van der Waals surface area contributed by atoms with Gasteiger partial charge in [0.15, 0.2) is 5.43 Å². The third kappa shape index (κ3) is 4.24. The van der Waals surface area contributed by atoms with Gasteiger partial charge in [-0.2, -0.15) is 5.10 Å². The van der Waals surface area contributed by atoms with E-state index in [4.69, 9.17) is 11.6 Å². The molecule has 7 heteroatoms. The quantitative estimate of drug-likeness (QED) is 0.208. The lowest BCUT2D eigenvalue weighted by molar-refractivity contribution is -0.121. The first-order valence-electron chi connectivity index (χ1n) is 11.2. The predicted octanol–water partition coefficient (Wildman–Crippen LogP) is 5.37. The zero-order valence-corrected chi connectivity index (χ0v) is 20.1. The molecule has 2 aromatic heterocycles. The number of hydrazone groups is 1. The second kappa shape index (κ2) is 9.24. The van der Waals surface area contributed by atoms with Gasteiger partial charge in [-0.25, -0.2) is 5.43 Å². The van der Waals surface area contributed by atoms with E-state index < -0.39 is 0 Å². The number of hydrogen-bond donors (Lipinski definition) is 1. The number of hydrogen-bond acceptors (Lipinski definition) is 3. The van der Waals surface area contributed by atoms with Gasteiger partial charge in [-0.1, -0.05) is 35.9 Å². The Morgan fingerprint density at radius 1 is 0.943 bits per heavy atom. The summed E-state index contributed by atoms with van der Waals surface area (Å²) in [6.45, 7) is 4.05. The van der Waals surface area contributed by atoms with Gasteiger partial charge < -0.3 is 9.13 Å². The summed E-state index contributed by atoms with van der Waals surface area (Å²) in [5.74, 6) is -0.285. The Balaban J connectivity index is 1.40. The zero-order valence-electron chi connectivity index (χ0n) is 19.3. The maximum absolute atomic E-state index is 12.9. The molecule has 0 aliphatic carbocycles. The first kappa shape index (κ1) is 22.6. The number of rotatable bonds is 5. The van der Waals surface area contributed by atoms with Crippen LogP contribution in [0.3, 0.4) is 0 Å². The molecule has 0 saturated heterocycles. The molecule has 6 nitrogen and oxygen atoms in total. The number of aromatic nitrogens is 2. The highest BCUT2D eigenvalue weighted by Gasteiger charge is 2.13. The normalized spacial score (nSPS) is 11.5. The van der Waals surface area contributed by atoms with Crippen LogP contribution in [0.2, 0.25) is 5.02 Å². The maximum Gasteiger partial charge on any atom is 0.260 e. The van der Waals surface area contributed by atoms with E-state index in [2.05, 4.69) is 15.1 Å². The molecule has 3 aromatic carbocycles. The highest BCUT2D eigenvalue weighted by Crippen LogP contribution is 2.22. The lowest BCUT2D eigenvalue weighted by Gasteiger charge is -2.14. The van der Waals surface area contributed by atoms with E-state index in [-0.39, 0.29) is 17.9 Å². The number of nitrogens with one attached hydrogen (secondary N) is 1. The molecule has 0 aliphatic heterocycles. The second-order valence-corrected chi connectivity index (χ2v) is 8.82. The third-order valence-electron chi connectivity index (χ3n) is 6.13. The molecule has 0 aliphatic rings. The first-order chi connectivity index (χ1) is 16.9. The number of carbonyl (C=O) groups excluding carboxylic acids is 1. The van der Waals surface area contributed by atoms with Crippen LogP contribution in [0, 0.1) is 13.8 Å². The molecule has 0 saturated carbocycles. The standard InChI is InChI=1S/C28H23ClN4O2/c1-18-15-20(19(2)33(18)22-13-11-21(29)12-14-22)16-30-31-27(34)17-32-25-9-5-3-7-23(25)28(35)24-8-4-6-10-26(24)32/h3-16H,17H2,1-2H3,(H,31,34)/b30-16-. The van der Waals surface area contributed by atoms with E-state index >= 15 is 0 Å². The van der Waals surface area contributed by atoms with Gasteiger partial charge in [0.2, 0.25) is 0 Å². The summed E-state index contributed by atoms with van der Waals surface area (Å²) < 4.78 is 3.96. The molecule has 1 amide bonds. The lowest BCUT2D eigenvalue weighted by Crippen LogP contribution is -2.25. The van der Waals surface area contributed by atoms with Crippen molar-refractivity contribution in [3.8, 4) is 5.69 Å². The van der Waals surface area contributed by atoms with Crippen LogP contribution in [0.1, 0.15) is 17.0 Å². The minimum atomic E-state index is -0.285. The summed E-state index contributed by atoms with van der Waals surface area (Å²) in [6.07, 6.45) is 1.65. The monoisotopic (exact) mass is 482 g/mol. The van der Waals surface area contributed by atoms with Crippen LogP contribution >= 0.6 is 11.6 Å². The highest BCUT2D eigenvalue weighted by atomic mass is 35.5. The summed E-state index contributed by atoms with van der Waals surface area (Å²) in [7, 11) is 0. The molecule has 0 unspecified atom stereocenters. The molecular formula is C28H23ClN4O2. The van der Waals surface area contributed by atoms with Crippen LogP contribution in [0.25, 0.3) is 27.5 Å². The average Bonchev–Trinajstić information content (AvgIpc) is 3.15. The van der Waals surface area contributed by atoms with Crippen LogP contribution in [0.15, 0.2) is 88.8 Å². The Hall–Kier alpha value is -4.16. The van der Waals surface area contributed by atoms with Gasteiger partial charge in [-0.3, -0.25) is 9.59 Å². The highest BCUT2D eigenvalue weighted by molar-refractivity contribution is 6.30. The summed E-state index contributed by atoms with van der Waals surface area (Å²) >= 11 is 6.02. The molecule has 0 fully saturated rings. The van der Waals surface area contributed by atoms with Crippen molar-refractivity contribution in [2.24, 2.45) is 5.10 Å². The number of nitrogens with zero attached hydrogens (tertiary/aromatic N) is 3. The van der Waals surface area contributed by atoms with Crippen LogP contribution in [0.4, 0.5) is 0 Å². The fourth-order valence-electron chi connectivity index (χ4n) is 4.51. The van der Waals surface area contributed by atoms with Gasteiger partial charge in [0.05, 0.1) is 17.2 Å². The molecule has 1 N–H and O–H groups in total. The van der Waals surface area contributed by atoms with Crippen LogP contribution in [-0.4, -0.2) is 21.3 Å². The lowest BCUT2D eigenvalue weighted by atomic mass is 10.1. The van der Waals surface area contributed by atoms with Crippen molar-refractivity contribution >= 4 is 45.5 Å². The van der Waals surface area contributed by atoms with Crippen molar-refractivity contribution in [3.05, 3.63) is 111 Å². The predicted molar refractivity (Wildman–Crippen MR) is 142 cm³/mol. The molecule has 0 atom stereocenters. The van der Waals surface area contributed by atoms with Crippen molar-refractivity contribution < 1.29 is 4.79 Å². The summed E-state index contributed by atoms with van der Waals surface area (Å²) in [5, 5.41) is 6.05. The summed E-state index contributed by atoms with van der Waals surface area (Å²) in [5.41, 5.74) is 7.96. The first-order valence-corrected chi connectivity index (χ1v) is 11.6. The van der Waals surface area contributed by atoms with Gasteiger partial charge in [-0.05, 0) is 68.4 Å². The van der Waals surface area contributed by atoms with Gasteiger partial charge in [-0.15, -0.1) is 0 Å². The van der Waals surface area contributed by atoms with Crippen molar-refractivity contribution in [2.75, 3.05) is 0 Å². The molecule has 0 radical (unpaired) electrons. The molecule has 2 heterocycles. The fraction of sp³-hybridized carbons (Fsp3) is 0.107. The van der Waals surface area contributed by atoms with Gasteiger partial charge in [0.25, 0.3) is 5.91 Å². The minimum absolute atomic E-state index is 0.0302. The molecular weight excluding hydrogens is 460 g/mol. The number of pyridine rings is 1. The number of amides is 1. The van der Waals surface area contributed by atoms with E-state index in [9.17, 15) is 9.59 Å². The summed E-state index contributed by atoms with van der Waals surface area (Å²) in [6, 6.07) is 24.3. The zero-order chi connectivity index (χ0) is 24.5. The SMILES string of the molecule is Cc1cc(/C=N\NC(=O)Cn2c3ccccc3c(=O)c3ccccc32)c(C)n1-c1ccc(Cl)cc1. The average molecular weight is 483 g/mol. The van der Waals surface area contributed by atoms with Gasteiger partial charge >= 0.3 is 0 Å². The topological polar surface area (TPSA) is 68.4 Å². The van der Waals surface area contributed by atoms with E-state index in [1.165, 1.54) is 0 Å². The number of aryl methyl sites for hydroxylation is 1. The minimum Gasteiger partial charge on any atom is -0.331 e. The number of fused-ring (bicyclic) bond motifs is 2. The molecule has 174 valence electrons. The maximum atomic E-state index is 12.9. The Morgan fingerprint density at radius 2 is 1.54 bits per heavy atom. The van der Waals surface area contributed by atoms with E-state index in [0.717, 1.165) is 22.6 Å². The molecule has 0 bridgehead atoms. The summed E-state index contributed by atoms with van der Waals surface area (Å²) in [4.78, 5) is 25.7. The number of carbonyl (C=O) groups is 1. The van der Waals surface area contributed by atoms with E-state index in [0.29, 0.717) is 26.8 Å². The molecule has 5 rings (SSSR count). The smallest absolute Gasteiger partial charge is 0.260 e. The van der Waals surface area contributed by atoms with Crippen molar-refractivity contribution in [1.29, 1.82) is 0 Å². The Kier molecular flexibility index (Phi) is 5.97. The molecule has 35 heavy (non-hydrogen) atoms. The Bertz CT molecular complexity index is 1600. The van der Waals surface area contributed by atoms with Crippen LogP contribution in [-0.2, 0) is 11.3 Å². The van der Waals surface area contributed by atoms with Crippen molar-refractivity contribution in [3.63, 3.8) is 0 Å². The largest absolute Gasteiger partial charge is 0.331 e. The molecule has 0 spiro atoms. The third-order valence-corrected chi connectivity index (χ3v) is 6.38. The van der Waals surface area contributed by atoms with Crippen molar-refractivity contribution in [1.82, 2.24) is 14.6 Å². The Morgan fingerprint density at radius 3 is 2.17 bits per heavy atom. The van der Waals surface area contributed by atoms with E-state index in [1.54, 1.807) is 18.3 Å². The Labute approximate surface area is 207 Å².